The van der Waals surface area contributed by atoms with Crippen LogP contribution in [0.25, 0.3) is 22.0 Å². The second kappa shape index (κ2) is 6.93. The van der Waals surface area contributed by atoms with E-state index in [0.717, 1.165) is 48.5 Å². The largest absolute Gasteiger partial charge is 0.356 e. The van der Waals surface area contributed by atoms with Crippen molar-refractivity contribution in [2.45, 2.75) is 31.7 Å². The van der Waals surface area contributed by atoms with Gasteiger partial charge in [-0.25, -0.2) is 9.97 Å². The van der Waals surface area contributed by atoms with Gasteiger partial charge in [-0.15, -0.1) is 0 Å². The van der Waals surface area contributed by atoms with Gasteiger partial charge in [-0.3, -0.25) is 4.68 Å². The third-order valence-corrected chi connectivity index (χ3v) is 6.02. The Morgan fingerprint density at radius 2 is 1.78 bits per heavy atom. The summed E-state index contributed by atoms with van der Waals surface area (Å²) in [5.74, 6) is 1.08. The van der Waals surface area contributed by atoms with Gasteiger partial charge in [-0.2, -0.15) is 5.10 Å². The van der Waals surface area contributed by atoms with Gasteiger partial charge < -0.3 is 9.80 Å². The maximum atomic E-state index is 4.66. The second-order valence-corrected chi connectivity index (χ2v) is 7.87. The predicted molar refractivity (Wildman–Crippen MR) is 108 cm³/mol. The van der Waals surface area contributed by atoms with E-state index in [2.05, 4.69) is 61.0 Å². The number of fused-ring (bicyclic) bond motifs is 1. The predicted octanol–water partition coefficient (Wildman–Crippen LogP) is 3.36. The Labute approximate surface area is 159 Å². The normalized spacial score (nSPS) is 19.2. The number of rotatable bonds is 3. The first-order chi connectivity index (χ1) is 13.3. The molecule has 0 amide bonds. The molecule has 2 fully saturated rings. The first-order valence-electron chi connectivity index (χ1n) is 10.0. The van der Waals surface area contributed by atoms with E-state index in [0.29, 0.717) is 6.04 Å². The molecule has 0 bridgehead atoms. The van der Waals surface area contributed by atoms with E-state index in [4.69, 9.17) is 0 Å². The molecule has 0 spiro atoms. The van der Waals surface area contributed by atoms with Gasteiger partial charge in [-0.05, 0) is 63.5 Å². The van der Waals surface area contributed by atoms with E-state index >= 15 is 0 Å². The molecule has 3 aromatic rings. The van der Waals surface area contributed by atoms with Gasteiger partial charge in [0.1, 0.15) is 12.1 Å². The summed E-state index contributed by atoms with van der Waals surface area (Å²) in [7, 11) is 2.19. The van der Waals surface area contributed by atoms with Crippen LogP contribution in [0.1, 0.15) is 31.7 Å². The SMILES string of the molecule is CN1CCC(n2cc(-c3ccc4c(N5CCCC5)ncnc4c3)cn2)CC1. The fraction of sp³-hybridized carbons (Fsp3) is 0.476. The van der Waals surface area contributed by atoms with Crippen molar-refractivity contribution < 1.29 is 0 Å². The molecule has 4 heterocycles. The van der Waals surface area contributed by atoms with Gasteiger partial charge in [0, 0.05) is 30.2 Å². The van der Waals surface area contributed by atoms with E-state index < -0.39 is 0 Å². The van der Waals surface area contributed by atoms with Crippen LogP contribution in [0.2, 0.25) is 0 Å². The fourth-order valence-corrected chi connectivity index (χ4v) is 4.35. The Bertz CT molecular complexity index is 935. The summed E-state index contributed by atoms with van der Waals surface area (Å²) in [5.41, 5.74) is 3.35. The van der Waals surface area contributed by atoms with Gasteiger partial charge in [0.2, 0.25) is 0 Å². The summed E-state index contributed by atoms with van der Waals surface area (Å²) in [6.45, 7) is 4.48. The van der Waals surface area contributed by atoms with E-state index in [1.165, 1.54) is 31.2 Å². The van der Waals surface area contributed by atoms with Crippen LogP contribution in [0.4, 0.5) is 5.82 Å². The maximum Gasteiger partial charge on any atom is 0.139 e. The quantitative estimate of drug-likeness (QED) is 0.715. The third kappa shape index (κ3) is 3.18. The molecule has 0 unspecified atom stereocenters. The van der Waals surface area contributed by atoms with Crippen LogP contribution in [-0.2, 0) is 0 Å². The average molecular weight is 362 g/mol. The lowest BCUT2D eigenvalue weighted by Crippen LogP contribution is -2.31. The molecule has 0 aliphatic carbocycles. The minimum absolute atomic E-state index is 0.513. The minimum Gasteiger partial charge on any atom is -0.356 e. The summed E-state index contributed by atoms with van der Waals surface area (Å²) in [4.78, 5) is 13.9. The molecule has 0 atom stereocenters. The lowest BCUT2D eigenvalue weighted by molar-refractivity contribution is 0.212. The van der Waals surface area contributed by atoms with Crippen LogP contribution >= 0.6 is 0 Å². The van der Waals surface area contributed by atoms with Crippen molar-refractivity contribution >= 4 is 16.7 Å². The van der Waals surface area contributed by atoms with Gasteiger partial charge >= 0.3 is 0 Å². The first kappa shape index (κ1) is 16.7. The van der Waals surface area contributed by atoms with E-state index in [1.54, 1.807) is 6.33 Å². The highest BCUT2D eigenvalue weighted by Gasteiger charge is 2.20. The summed E-state index contributed by atoms with van der Waals surface area (Å²) in [5, 5.41) is 5.80. The lowest BCUT2D eigenvalue weighted by atomic mass is 10.1. The van der Waals surface area contributed by atoms with Crippen LogP contribution in [-0.4, -0.2) is 57.9 Å². The van der Waals surface area contributed by atoms with Crippen LogP contribution in [0.5, 0.6) is 0 Å². The Kier molecular flexibility index (Phi) is 4.28. The van der Waals surface area contributed by atoms with Gasteiger partial charge in [-0.1, -0.05) is 6.07 Å². The van der Waals surface area contributed by atoms with Crippen LogP contribution in [0.15, 0.2) is 36.9 Å². The summed E-state index contributed by atoms with van der Waals surface area (Å²) in [6.07, 6.45) is 10.7. The third-order valence-electron chi connectivity index (χ3n) is 6.02. The van der Waals surface area contributed by atoms with Crippen LogP contribution in [0.3, 0.4) is 0 Å². The van der Waals surface area contributed by atoms with Crippen molar-refractivity contribution in [2.75, 3.05) is 38.1 Å². The fourth-order valence-electron chi connectivity index (χ4n) is 4.35. The van der Waals surface area contributed by atoms with Gasteiger partial charge in [0.05, 0.1) is 17.8 Å². The topological polar surface area (TPSA) is 50.1 Å². The molecule has 0 N–H and O–H groups in total. The molecular weight excluding hydrogens is 336 g/mol. The molecule has 27 heavy (non-hydrogen) atoms. The van der Waals surface area contributed by atoms with E-state index in [-0.39, 0.29) is 0 Å². The number of piperidine rings is 1. The second-order valence-electron chi connectivity index (χ2n) is 7.87. The minimum atomic E-state index is 0.513. The van der Waals surface area contributed by atoms with Crippen molar-refractivity contribution in [1.29, 1.82) is 0 Å². The number of benzene rings is 1. The zero-order valence-corrected chi connectivity index (χ0v) is 15.9. The molecule has 1 aromatic carbocycles. The molecule has 2 aromatic heterocycles. The highest BCUT2D eigenvalue weighted by atomic mass is 15.3. The number of hydrogen-bond donors (Lipinski definition) is 0. The van der Waals surface area contributed by atoms with Crippen molar-refractivity contribution in [3.8, 4) is 11.1 Å². The van der Waals surface area contributed by atoms with Crippen molar-refractivity contribution in [2.24, 2.45) is 0 Å². The molecule has 6 nitrogen and oxygen atoms in total. The van der Waals surface area contributed by atoms with Crippen molar-refractivity contribution in [3.05, 3.63) is 36.9 Å². The summed E-state index contributed by atoms with van der Waals surface area (Å²) < 4.78 is 2.15. The molecule has 140 valence electrons. The maximum absolute atomic E-state index is 4.66. The summed E-state index contributed by atoms with van der Waals surface area (Å²) in [6, 6.07) is 7.04. The molecule has 2 aliphatic heterocycles. The molecule has 0 radical (unpaired) electrons. The van der Waals surface area contributed by atoms with Gasteiger partial charge in [0.25, 0.3) is 0 Å². The molecule has 2 saturated heterocycles. The zero-order valence-electron chi connectivity index (χ0n) is 15.9. The Balaban J connectivity index is 1.44. The summed E-state index contributed by atoms with van der Waals surface area (Å²) >= 11 is 0. The smallest absolute Gasteiger partial charge is 0.139 e. The zero-order chi connectivity index (χ0) is 18.2. The molecule has 5 rings (SSSR count). The number of hydrogen-bond acceptors (Lipinski definition) is 5. The van der Waals surface area contributed by atoms with Crippen LogP contribution in [0, 0.1) is 0 Å². The molecule has 6 heteroatoms. The first-order valence-corrected chi connectivity index (χ1v) is 10.0. The number of anilines is 1. The van der Waals surface area contributed by atoms with E-state index in [9.17, 15) is 0 Å². The Hall–Kier alpha value is -2.47. The number of likely N-dealkylation sites (tertiary alicyclic amines) is 1. The average Bonchev–Trinajstić information content (AvgIpc) is 3.40. The van der Waals surface area contributed by atoms with Gasteiger partial charge in [0.15, 0.2) is 0 Å². The molecular formula is C21H26N6. The number of aromatic nitrogens is 4. The molecule has 0 saturated carbocycles. The van der Waals surface area contributed by atoms with Crippen LogP contribution < -0.4 is 4.90 Å². The highest BCUT2D eigenvalue weighted by Crippen LogP contribution is 2.30. The standard InChI is InChI=1S/C21H26N6/c1-25-10-6-18(7-11-25)27-14-17(13-24-27)16-4-5-19-20(12-16)22-15-23-21(19)26-8-2-3-9-26/h4-5,12-15,18H,2-3,6-11H2,1H3. The molecule has 2 aliphatic rings. The monoisotopic (exact) mass is 362 g/mol. The van der Waals surface area contributed by atoms with Crippen molar-refractivity contribution in [1.82, 2.24) is 24.6 Å². The Morgan fingerprint density at radius 3 is 2.59 bits per heavy atom. The lowest BCUT2D eigenvalue weighted by Gasteiger charge is -2.28. The number of nitrogens with zero attached hydrogens (tertiary/aromatic N) is 6. The Morgan fingerprint density at radius 1 is 0.963 bits per heavy atom. The van der Waals surface area contributed by atoms with Crippen molar-refractivity contribution in [3.63, 3.8) is 0 Å². The van der Waals surface area contributed by atoms with E-state index in [1.807, 2.05) is 6.20 Å². The highest BCUT2D eigenvalue weighted by molar-refractivity contribution is 5.92.